The van der Waals surface area contributed by atoms with Gasteiger partial charge in [-0.25, -0.2) is 0 Å². The van der Waals surface area contributed by atoms with Gasteiger partial charge in [-0.15, -0.1) is 0 Å². The zero-order valence-electron chi connectivity index (χ0n) is 13.1. The van der Waals surface area contributed by atoms with Crippen molar-refractivity contribution in [2.45, 2.75) is 46.7 Å². The second kappa shape index (κ2) is 7.94. The van der Waals surface area contributed by atoms with Gasteiger partial charge < -0.3 is 20.5 Å². The first-order valence-electron chi connectivity index (χ1n) is 7.50. The van der Waals surface area contributed by atoms with Crippen molar-refractivity contribution in [1.82, 2.24) is 14.8 Å². The minimum Gasteiger partial charge on any atom is -0.397 e. The Kier molecular flexibility index (Phi) is 6.58. The molecule has 1 amide bonds. The number of aromatic nitrogens is 1. The Hall–Kier alpha value is -1.49. The highest BCUT2D eigenvalue weighted by Crippen LogP contribution is 2.11. The Labute approximate surface area is 122 Å². The van der Waals surface area contributed by atoms with E-state index in [1.54, 1.807) is 6.07 Å². The Bertz CT molecular complexity index is 424. The van der Waals surface area contributed by atoms with Crippen molar-refractivity contribution in [2.75, 3.05) is 25.4 Å². The minimum absolute atomic E-state index is 0.0465. The molecule has 1 aromatic rings. The van der Waals surface area contributed by atoms with E-state index < -0.39 is 0 Å². The van der Waals surface area contributed by atoms with Gasteiger partial charge in [0, 0.05) is 25.3 Å². The van der Waals surface area contributed by atoms with Crippen LogP contribution in [0.4, 0.5) is 5.69 Å². The van der Waals surface area contributed by atoms with Crippen LogP contribution in [0.1, 0.15) is 44.6 Å². The summed E-state index contributed by atoms with van der Waals surface area (Å²) in [6.07, 6.45) is 2.80. The lowest BCUT2D eigenvalue weighted by Crippen LogP contribution is -2.42. The van der Waals surface area contributed by atoms with Gasteiger partial charge in [-0.1, -0.05) is 20.8 Å². The van der Waals surface area contributed by atoms with E-state index in [0.29, 0.717) is 11.4 Å². The number of rotatable bonds is 8. The molecule has 1 rings (SSSR count). The summed E-state index contributed by atoms with van der Waals surface area (Å²) in [5.74, 6) is -0.0465. The molecule has 0 spiro atoms. The molecule has 0 aliphatic carbocycles. The van der Waals surface area contributed by atoms with Crippen molar-refractivity contribution in [3.63, 3.8) is 0 Å². The maximum Gasteiger partial charge on any atom is 0.268 e. The monoisotopic (exact) mass is 280 g/mol. The molecule has 0 aliphatic heterocycles. The van der Waals surface area contributed by atoms with Crippen LogP contribution < -0.4 is 11.1 Å². The summed E-state index contributed by atoms with van der Waals surface area (Å²) in [6, 6.07) is 1.86. The average molecular weight is 280 g/mol. The molecule has 0 aliphatic rings. The van der Waals surface area contributed by atoms with Crippen LogP contribution in [0.15, 0.2) is 12.3 Å². The van der Waals surface area contributed by atoms with E-state index >= 15 is 0 Å². The summed E-state index contributed by atoms with van der Waals surface area (Å²) in [4.78, 5) is 14.6. The van der Waals surface area contributed by atoms with Crippen LogP contribution in [-0.4, -0.2) is 41.1 Å². The molecule has 20 heavy (non-hydrogen) atoms. The second-order valence-electron chi connectivity index (χ2n) is 5.21. The van der Waals surface area contributed by atoms with E-state index in [9.17, 15) is 4.79 Å². The highest BCUT2D eigenvalue weighted by molar-refractivity contribution is 5.94. The number of nitrogens with one attached hydrogen (secondary N) is 1. The molecule has 5 heteroatoms. The predicted octanol–water partition coefficient (Wildman–Crippen LogP) is 1.94. The predicted molar refractivity (Wildman–Crippen MR) is 83.9 cm³/mol. The highest BCUT2D eigenvalue weighted by atomic mass is 16.2. The Morgan fingerprint density at radius 1 is 1.40 bits per heavy atom. The molecule has 0 aromatic carbocycles. The zero-order valence-corrected chi connectivity index (χ0v) is 13.1. The molecule has 1 heterocycles. The molecule has 1 aromatic heterocycles. The number of carbonyl (C=O) groups is 1. The van der Waals surface area contributed by atoms with E-state index in [-0.39, 0.29) is 11.9 Å². The van der Waals surface area contributed by atoms with Crippen LogP contribution in [0, 0.1) is 0 Å². The van der Waals surface area contributed by atoms with Crippen molar-refractivity contribution in [3.05, 3.63) is 18.0 Å². The third-order valence-corrected chi connectivity index (χ3v) is 3.42. The number of amides is 1. The topological polar surface area (TPSA) is 63.3 Å². The molecule has 0 saturated heterocycles. The average Bonchev–Trinajstić information content (AvgIpc) is 2.77. The van der Waals surface area contributed by atoms with E-state index in [0.717, 1.165) is 32.6 Å². The maximum absolute atomic E-state index is 12.3. The largest absolute Gasteiger partial charge is 0.397 e. The van der Waals surface area contributed by atoms with Gasteiger partial charge in [-0.2, -0.15) is 0 Å². The summed E-state index contributed by atoms with van der Waals surface area (Å²) < 4.78 is 1.93. The smallest absolute Gasteiger partial charge is 0.268 e. The lowest BCUT2D eigenvalue weighted by atomic mass is 10.2. The van der Waals surface area contributed by atoms with Gasteiger partial charge in [0.2, 0.25) is 0 Å². The number of nitrogens with two attached hydrogens (primary N) is 1. The summed E-state index contributed by atoms with van der Waals surface area (Å²) in [7, 11) is 0. The molecule has 5 nitrogen and oxygen atoms in total. The summed E-state index contributed by atoms with van der Waals surface area (Å²) >= 11 is 0. The fraction of sp³-hybridized carbons (Fsp3) is 0.667. The Morgan fingerprint density at radius 2 is 2.05 bits per heavy atom. The van der Waals surface area contributed by atoms with Crippen LogP contribution in [-0.2, 0) is 6.54 Å². The highest BCUT2D eigenvalue weighted by Gasteiger charge is 2.16. The van der Waals surface area contributed by atoms with Crippen molar-refractivity contribution < 1.29 is 4.79 Å². The van der Waals surface area contributed by atoms with Gasteiger partial charge in [0.1, 0.15) is 5.69 Å². The van der Waals surface area contributed by atoms with E-state index in [2.05, 4.69) is 31.0 Å². The number of nitrogen functional groups attached to an aromatic ring is 1. The first-order valence-corrected chi connectivity index (χ1v) is 7.50. The quantitative estimate of drug-likeness (QED) is 0.765. The number of likely N-dealkylation sites (N-methyl/N-ethyl adjacent to an activating group) is 1. The van der Waals surface area contributed by atoms with Gasteiger partial charge in [-0.3, -0.25) is 4.79 Å². The lowest BCUT2D eigenvalue weighted by Gasteiger charge is -2.23. The number of hydrogen-bond acceptors (Lipinski definition) is 3. The van der Waals surface area contributed by atoms with Crippen LogP contribution in [0.3, 0.4) is 0 Å². The van der Waals surface area contributed by atoms with Gasteiger partial charge >= 0.3 is 0 Å². The maximum atomic E-state index is 12.3. The van der Waals surface area contributed by atoms with Crippen LogP contribution in [0.5, 0.6) is 0 Å². The zero-order chi connectivity index (χ0) is 15.1. The van der Waals surface area contributed by atoms with Crippen molar-refractivity contribution in [3.8, 4) is 0 Å². The number of aryl methyl sites for hydroxylation is 1. The molecular formula is C15H28N4O. The Morgan fingerprint density at radius 3 is 2.60 bits per heavy atom. The molecular weight excluding hydrogens is 252 g/mol. The molecule has 114 valence electrons. The molecule has 0 radical (unpaired) electrons. The fourth-order valence-electron chi connectivity index (χ4n) is 2.36. The van der Waals surface area contributed by atoms with E-state index in [4.69, 9.17) is 5.73 Å². The molecule has 1 atom stereocenters. The van der Waals surface area contributed by atoms with Gasteiger partial charge in [0.15, 0.2) is 0 Å². The first-order chi connectivity index (χ1) is 9.51. The van der Waals surface area contributed by atoms with Crippen molar-refractivity contribution in [1.29, 1.82) is 0 Å². The van der Waals surface area contributed by atoms with E-state index in [1.807, 2.05) is 17.7 Å². The van der Waals surface area contributed by atoms with Crippen molar-refractivity contribution >= 4 is 11.6 Å². The fourth-order valence-corrected chi connectivity index (χ4v) is 2.36. The Balaban J connectivity index is 2.66. The number of hydrogen-bond donors (Lipinski definition) is 2. The van der Waals surface area contributed by atoms with Crippen molar-refractivity contribution in [2.24, 2.45) is 0 Å². The molecule has 0 bridgehead atoms. The van der Waals surface area contributed by atoms with Crippen LogP contribution in [0.2, 0.25) is 0 Å². The lowest BCUT2D eigenvalue weighted by molar-refractivity contribution is 0.0921. The van der Waals surface area contributed by atoms with Crippen LogP contribution >= 0.6 is 0 Å². The molecule has 0 fully saturated rings. The third-order valence-electron chi connectivity index (χ3n) is 3.42. The number of nitrogens with zero attached hydrogens (tertiary/aromatic N) is 2. The second-order valence-corrected chi connectivity index (χ2v) is 5.21. The molecule has 1 unspecified atom stereocenters. The number of anilines is 1. The van der Waals surface area contributed by atoms with Crippen LogP contribution in [0.25, 0.3) is 0 Å². The van der Waals surface area contributed by atoms with E-state index in [1.165, 1.54) is 0 Å². The van der Waals surface area contributed by atoms with Gasteiger partial charge in [0.05, 0.1) is 5.69 Å². The normalized spacial score (nSPS) is 12.7. The summed E-state index contributed by atoms with van der Waals surface area (Å²) in [6.45, 7) is 12.0. The SMILES string of the molecule is CCCn1cc(N)cc1C(=O)NC(C)CN(CC)CC. The number of carbonyl (C=O) groups excluding carboxylic acids is 1. The summed E-state index contributed by atoms with van der Waals surface area (Å²) in [5.41, 5.74) is 7.08. The molecule has 0 saturated carbocycles. The third kappa shape index (κ3) is 4.56. The minimum atomic E-state index is -0.0465. The molecule has 3 N–H and O–H groups in total. The first kappa shape index (κ1) is 16.6. The summed E-state index contributed by atoms with van der Waals surface area (Å²) in [5, 5.41) is 3.05. The van der Waals surface area contributed by atoms with Gasteiger partial charge in [0.25, 0.3) is 5.91 Å². The van der Waals surface area contributed by atoms with Gasteiger partial charge in [-0.05, 0) is 32.5 Å². The standard InChI is InChI=1S/C15H28N4O/c1-5-8-19-11-13(16)9-14(19)15(20)17-12(4)10-18(6-2)7-3/h9,11-12H,5-8,10,16H2,1-4H3,(H,17,20).